The van der Waals surface area contributed by atoms with E-state index >= 15 is 0 Å². The lowest BCUT2D eigenvalue weighted by Crippen LogP contribution is -2.47. The first-order valence-corrected chi connectivity index (χ1v) is 10.5. The summed E-state index contributed by atoms with van der Waals surface area (Å²) in [5.41, 5.74) is 1.20. The summed E-state index contributed by atoms with van der Waals surface area (Å²) in [6.07, 6.45) is 2.51. The highest BCUT2D eigenvalue weighted by Gasteiger charge is 2.30. The van der Waals surface area contributed by atoms with Gasteiger partial charge in [-0.15, -0.1) is 0 Å². The van der Waals surface area contributed by atoms with Gasteiger partial charge in [-0.3, -0.25) is 4.90 Å². The molecule has 6 nitrogen and oxygen atoms in total. The molecule has 1 aromatic carbocycles. The lowest BCUT2D eigenvalue weighted by atomic mass is 10.2. The zero-order valence-electron chi connectivity index (χ0n) is 16.3. The minimum atomic E-state index is 0.625. The summed E-state index contributed by atoms with van der Waals surface area (Å²) in [5.74, 6) is 2.79. The average molecular weight is 388 g/mol. The van der Waals surface area contributed by atoms with Crippen molar-refractivity contribution < 1.29 is 4.74 Å². The Labute approximate surface area is 166 Å². The molecule has 0 bridgehead atoms. The van der Waals surface area contributed by atoms with Crippen LogP contribution in [0.15, 0.2) is 24.3 Å². The van der Waals surface area contributed by atoms with Crippen molar-refractivity contribution in [3.05, 3.63) is 34.9 Å². The predicted molar refractivity (Wildman–Crippen MR) is 110 cm³/mol. The minimum Gasteiger partial charge on any atom is -0.492 e. The highest BCUT2D eigenvalue weighted by molar-refractivity contribution is 7.71. The van der Waals surface area contributed by atoms with Crippen molar-refractivity contribution in [2.45, 2.75) is 45.8 Å². The molecule has 2 aromatic rings. The van der Waals surface area contributed by atoms with E-state index < -0.39 is 0 Å². The summed E-state index contributed by atoms with van der Waals surface area (Å²) in [7, 11) is 0. The van der Waals surface area contributed by atoms with Gasteiger partial charge < -0.3 is 14.2 Å². The Bertz CT molecular complexity index is 833. The van der Waals surface area contributed by atoms with Crippen LogP contribution in [0.4, 0.5) is 5.69 Å². The summed E-state index contributed by atoms with van der Waals surface area (Å²) in [5, 5.41) is 4.85. The van der Waals surface area contributed by atoms with E-state index in [1.165, 1.54) is 24.4 Å². The summed E-state index contributed by atoms with van der Waals surface area (Å²) >= 11 is 5.68. The SMILES string of the molecule is CCOc1ccccc1N1CCN(Cn2nc(C3CC3)n(CC)c2=S)CC1. The first-order chi connectivity index (χ1) is 13.2. The Morgan fingerprint density at radius 3 is 2.52 bits per heavy atom. The molecule has 7 heteroatoms. The fourth-order valence-corrected chi connectivity index (χ4v) is 4.13. The van der Waals surface area contributed by atoms with Crippen LogP contribution in [0.5, 0.6) is 5.75 Å². The van der Waals surface area contributed by atoms with E-state index in [1.807, 2.05) is 17.7 Å². The first-order valence-electron chi connectivity index (χ1n) is 10.1. The fourth-order valence-electron chi connectivity index (χ4n) is 3.81. The van der Waals surface area contributed by atoms with Crippen molar-refractivity contribution in [2.75, 3.05) is 37.7 Å². The van der Waals surface area contributed by atoms with E-state index in [-0.39, 0.29) is 0 Å². The van der Waals surface area contributed by atoms with Crippen molar-refractivity contribution >= 4 is 17.9 Å². The predicted octanol–water partition coefficient (Wildman–Crippen LogP) is 3.49. The van der Waals surface area contributed by atoms with Gasteiger partial charge in [0.15, 0.2) is 4.77 Å². The number of benzene rings is 1. The second kappa shape index (κ2) is 8.02. The number of ether oxygens (including phenoxy) is 1. The van der Waals surface area contributed by atoms with Crippen molar-refractivity contribution in [3.63, 3.8) is 0 Å². The van der Waals surface area contributed by atoms with Crippen LogP contribution in [-0.4, -0.2) is 52.0 Å². The number of aromatic nitrogens is 3. The van der Waals surface area contributed by atoms with Crippen molar-refractivity contribution in [2.24, 2.45) is 0 Å². The molecular formula is C20H29N5OS. The highest BCUT2D eigenvalue weighted by atomic mass is 32.1. The molecule has 1 aromatic heterocycles. The Kier molecular flexibility index (Phi) is 5.50. The molecule has 0 spiro atoms. The molecule has 146 valence electrons. The molecule has 0 radical (unpaired) electrons. The van der Waals surface area contributed by atoms with Gasteiger partial charge in [-0.2, -0.15) is 5.10 Å². The first kappa shape index (κ1) is 18.5. The van der Waals surface area contributed by atoms with Gasteiger partial charge in [0.2, 0.25) is 0 Å². The third-order valence-corrected chi connectivity index (χ3v) is 5.85. The van der Waals surface area contributed by atoms with Crippen LogP contribution in [0.1, 0.15) is 38.4 Å². The normalized spacial score (nSPS) is 18.1. The Morgan fingerprint density at radius 1 is 1.11 bits per heavy atom. The summed E-state index contributed by atoms with van der Waals surface area (Å²) in [6.45, 7) is 10.5. The number of anilines is 1. The molecule has 2 fully saturated rings. The second-order valence-electron chi connectivity index (χ2n) is 7.31. The molecule has 4 rings (SSSR count). The van der Waals surface area contributed by atoms with Crippen LogP contribution in [0.3, 0.4) is 0 Å². The standard InChI is InChI=1S/C20H29N5OS/c1-3-24-19(16-9-10-16)21-25(20(24)27)15-22-11-13-23(14-12-22)17-7-5-6-8-18(17)26-4-2/h5-8,16H,3-4,9-15H2,1-2H3. The van der Waals surface area contributed by atoms with Gasteiger partial charge in [-0.05, 0) is 51.0 Å². The molecule has 27 heavy (non-hydrogen) atoms. The van der Waals surface area contributed by atoms with Crippen LogP contribution < -0.4 is 9.64 Å². The van der Waals surface area contributed by atoms with Gasteiger partial charge >= 0.3 is 0 Å². The van der Waals surface area contributed by atoms with Crippen LogP contribution >= 0.6 is 12.2 Å². The van der Waals surface area contributed by atoms with Gasteiger partial charge in [0.25, 0.3) is 0 Å². The number of nitrogens with zero attached hydrogens (tertiary/aromatic N) is 5. The Hall–Kier alpha value is -1.86. The number of hydrogen-bond donors (Lipinski definition) is 0. The number of hydrogen-bond acceptors (Lipinski definition) is 5. The topological polar surface area (TPSA) is 38.5 Å². The van der Waals surface area contributed by atoms with E-state index in [2.05, 4.69) is 39.5 Å². The molecule has 1 aliphatic carbocycles. The van der Waals surface area contributed by atoms with Crippen LogP contribution in [0.2, 0.25) is 0 Å². The molecule has 1 aliphatic heterocycles. The maximum absolute atomic E-state index is 5.80. The third-order valence-electron chi connectivity index (χ3n) is 5.42. The molecule has 2 heterocycles. The lowest BCUT2D eigenvalue weighted by molar-refractivity contribution is 0.193. The van der Waals surface area contributed by atoms with Gasteiger partial charge in [0.1, 0.15) is 11.6 Å². The molecule has 2 aliphatic rings. The van der Waals surface area contributed by atoms with E-state index in [9.17, 15) is 0 Å². The van der Waals surface area contributed by atoms with E-state index in [4.69, 9.17) is 22.1 Å². The number of rotatable bonds is 7. The van der Waals surface area contributed by atoms with E-state index in [1.54, 1.807) is 0 Å². The van der Waals surface area contributed by atoms with Crippen LogP contribution in [-0.2, 0) is 13.2 Å². The molecule has 0 amide bonds. The van der Waals surface area contributed by atoms with Crippen LogP contribution in [0, 0.1) is 4.77 Å². The van der Waals surface area contributed by atoms with Gasteiger partial charge in [-0.25, -0.2) is 4.68 Å². The zero-order valence-corrected chi connectivity index (χ0v) is 17.1. The molecule has 0 N–H and O–H groups in total. The smallest absolute Gasteiger partial charge is 0.199 e. The third kappa shape index (κ3) is 3.89. The summed E-state index contributed by atoms with van der Waals surface area (Å²) < 4.78 is 10.9. The van der Waals surface area contributed by atoms with Gasteiger partial charge in [0.05, 0.1) is 19.0 Å². The number of para-hydroxylation sites is 2. The van der Waals surface area contributed by atoms with Crippen molar-refractivity contribution in [1.82, 2.24) is 19.2 Å². The lowest BCUT2D eigenvalue weighted by Gasteiger charge is -2.36. The zero-order chi connectivity index (χ0) is 18.8. The molecule has 1 saturated heterocycles. The van der Waals surface area contributed by atoms with E-state index in [0.29, 0.717) is 12.5 Å². The molecule has 1 saturated carbocycles. The summed E-state index contributed by atoms with van der Waals surface area (Å²) in [6, 6.07) is 8.33. The monoisotopic (exact) mass is 387 g/mol. The fraction of sp³-hybridized carbons (Fsp3) is 0.600. The summed E-state index contributed by atoms with van der Waals surface area (Å²) in [4.78, 5) is 4.86. The maximum Gasteiger partial charge on any atom is 0.199 e. The van der Waals surface area contributed by atoms with Gasteiger partial charge in [0, 0.05) is 38.6 Å². The van der Waals surface area contributed by atoms with Gasteiger partial charge in [-0.1, -0.05) is 12.1 Å². The molecule has 0 atom stereocenters. The minimum absolute atomic E-state index is 0.625. The molecule has 0 unspecified atom stereocenters. The highest BCUT2D eigenvalue weighted by Crippen LogP contribution is 2.39. The number of piperazine rings is 1. The quantitative estimate of drug-likeness (QED) is 0.680. The maximum atomic E-state index is 5.80. The van der Waals surface area contributed by atoms with Crippen molar-refractivity contribution in [3.8, 4) is 5.75 Å². The largest absolute Gasteiger partial charge is 0.492 e. The van der Waals surface area contributed by atoms with Crippen molar-refractivity contribution in [1.29, 1.82) is 0 Å². The van der Waals surface area contributed by atoms with Crippen LogP contribution in [0.25, 0.3) is 0 Å². The Balaban J connectivity index is 1.41. The Morgan fingerprint density at radius 2 is 1.85 bits per heavy atom. The second-order valence-corrected chi connectivity index (χ2v) is 7.67. The average Bonchev–Trinajstić information content (AvgIpc) is 3.49. The van der Waals surface area contributed by atoms with E-state index in [0.717, 1.165) is 49.9 Å². The molecular weight excluding hydrogens is 358 g/mol.